The zero-order valence-electron chi connectivity index (χ0n) is 11.4. The van der Waals surface area contributed by atoms with Gasteiger partial charge in [0.05, 0.1) is 10.0 Å². The molecule has 0 saturated heterocycles. The smallest absolute Gasteiger partial charge is 0.265 e. The average molecular weight is 338 g/mol. The van der Waals surface area contributed by atoms with E-state index < -0.39 is 0 Å². The number of anilines is 1. The zero-order chi connectivity index (χ0) is 15.9. The fourth-order valence-electron chi connectivity index (χ4n) is 1.59. The van der Waals surface area contributed by atoms with Gasteiger partial charge in [0.25, 0.3) is 5.91 Å². The standard InChI is InChI=1S/C15H13Cl2N3O2/c16-12-7-6-11(8-13(12)17)19-14(21)9-22-20-15(18)10-4-2-1-3-5-10/h1-8H,9H2,(H2,18,20)(H,19,21). The van der Waals surface area contributed by atoms with Gasteiger partial charge >= 0.3 is 0 Å². The van der Waals surface area contributed by atoms with Crippen molar-refractivity contribution in [2.24, 2.45) is 10.9 Å². The number of nitrogens with two attached hydrogens (primary N) is 1. The molecule has 1 amide bonds. The molecule has 0 aliphatic carbocycles. The van der Waals surface area contributed by atoms with Crippen molar-refractivity contribution in [2.45, 2.75) is 0 Å². The van der Waals surface area contributed by atoms with Crippen LogP contribution in [0.4, 0.5) is 5.69 Å². The maximum absolute atomic E-state index is 11.7. The minimum Gasteiger partial charge on any atom is -0.384 e. The van der Waals surface area contributed by atoms with Gasteiger partial charge in [0.2, 0.25) is 0 Å². The van der Waals surface area contributed by atoms with Gasteiger partial charge in [-0.15, -0.1) is 0 Å². The molecule has 22 heavy (non-hydrogen) atoms. The number of nitrogens with zero attached hydrogens (tertiary/aromatic N) is 1. The summed E-state index contributed by atoms with van der Waals surface area (Å²) in [4.78, 5) is 16.6. The average Bonchev–Trinajstić information content (AvgIpc) is 2.51. The normalized spacial score (nSPS) is 11.1. The summed E-state index contributed by atoms with van der Waals surface area (Å²) in [6.45, 7) is -0.270. The highest BCUT2D eigenvalue weighted by molar-refractivity contribution is 6.42. The van der Waals surface area contributed by atoms with Crippen molar-refractivity contribution in [1.82, 2.24) is 0 Å². The monoisotopic (exact) mass is 337 g/mol. The number of nitrogens with one attached hydrogen (secondary N) is 1. The van der Waals surface area contributed by atoms with Gasteiger partial charge in [0.1, 0.15) is 0 Å². The topological polar surface area (TPSA) is 76.7 Å². The maximum atomic E-state index is 11.7. The number of hydrogen-bond donors (Lipinski definition) is 2. The van der Waals surface area contributed by atoms with Crippen LogP contribution in [0.5, 0.6) is 0 Å². The van der Waals surface area contributed by atoms with E-state index in [1.165, 1.54) is 0 Å². The first-order valence-corrected chi connectivity index (χ1v) is 7.07. The second-order valence-electron chi connectivity index (χ2n) is 4.29. The second kappa shape index (κ2) is 7.68. The number of halogens is 2. The van der Waals surface area contributed by atoms with Crippen LogP contribution in [0, 0.1) is 0 Å². The molecule has 0 heterocycles. The molecule has 7 heteroatoms. The summed E-state index contributed by atoms with van der Waals surface area (Å²) < 4.78 is 0. The molecule has 2 aromatic rings. The molecule has 0 atom stereocenters. The summed E-state index contributed by atoms with van der Waals surface area (Å²) in [6, 6.07) is 13.9. The minimum absolute atomic E-state index is 0.197. The summed E-state index contributed by atoms with van der Waals surface area (Å²) in [7, 11) is 0. The number of amidine groups is 1. The molecule has 0 aromatic heterocycles. The summed E-state index contributed by atoms with van der Waals surface area (Å²) in [6.07, 6.45) is 0. The van der Waals surface area contributed by atoms with Gasteiger partial charge in [-0.25, -0.2) is 0 Å². The third kappa shape index (κ3) is 4.65. The first-order valence-electron chi connectivity index (χ1n) is 6.32. The Balaban J connectivity index is 1.86. The number of benzene rings is 2. The van der Waals surface area contributed by atoms with Crippen molar-refractivity contribution in [3.05, 3.63) is 64.1 Å². The largest absolute Gasteiger partial charge is 0.384 e. The number of hydrogen-bond acceptors (Lipinski definition) is 3. The van der Waals surface area contributed by atoms with Gasteiger partial charge in [-0.2, -0.15) is 0 Å². The highest BCUT2D eigenvalue weighted by Crippen LogP contribution is 2.24. The lowest BCUT2D eigenvalue weighted by molar-refractivity contribution is -0.120. The maximum Gasteiger partial charge on any atom is 0.265 e. The van der Waals surface area contributed by atoms with Crippen LogP contribution in [0.3, 0.4) is 0 Å². The molecule has 114 valence electrons. The summed E-state index contributed by atoms with van der Waals surface area (Å²) >= 11 is 11.7. The molecule has 0 fully saturated rings. The van der Waals surface area contributed by atoms with Gasteiger partial charge in [-0.3, -0.25) is 4.79 Å². The van der Waals surface area contributed by atoms with Crippen LogP contribution in [0.15, 0.2) is 53.7 Å². The SMILES string of the molecule is N/C(=N/OCC(=O)Nc1ccc(Cl)c(Cl)c1)c1ccccc1. The van der Waals surface area contributed by atoms with E-state index in [0.717, 1.165) is 0 Å². The van der Waals surface area contributed by atoms with Crippen LogP contribution in [0.2, 0.25) is 10.0 Å². The molecular weight excluding hydrogens is 325 g/mol. The van der Waals surface area contributed by atoms with Crippen LogP contribution in [0.25, 0.3) is 0 Å². The van der Waals surface area contributed by atoms with Crippen molar-refractivity contribution in [3.8, 4) is 0 Å². The molecule has 0 unspecified atom stereocenters. The van der Waals surface area contributed by atoms with Gasteiger partial charge < -0.3 is 15.9 Å². The van der Waals surface area contributed by atoms with Crippen LogP contribution in [0.1, 0.15) is 5.56 Å². The third-order valence-electron chi connectivity index (χ3n) is 2.63. The van der Waals surface area contributed by atoms with Gasteiger partial charge in [-0.05, 0) is 18.2 Å². The summed E-state index contributed by atoms with van der Waals surface area (Å²) in [5.74, 6) is -0.189. The lowest BCUT2D eigenvalue weighted by Gasteiger charge is -2.06. The van der Waals surface area contributed by atoms with Crippen LogP contribution >= 0.6 is 23.2 Å². The van der Waals surface area contributed by atoms with Crippen LogP contribution < -0.4 is 11.1 Å². The first-order chi connectivity index (χ1) is 10.6. The molecule has 0 aliphatic heterocycles. The Morgan fingerprint density at radius 3 is 2.55 bits per heavy atom. The molecule has 0 radical (unpaired) electrons. The van der Waals surface area contributed by atoms with E-state index in [9.17, 15) is 4.79 Å². The number of carbonyl (C=O) groups is 1. The van der Waals surface area contributed by atoms with E-state index in [1.807, 2.05) is 18.2 Å². The third-order valence-corrected chi connectivity index (χ3v) is 3.37. The number of carbonyl (C=O) groups excluding carboxylic acids is 1. The second-order valence-corrected chi connectivity index (χ2v) is 5.11. The highest BCUT2D eigenvalue weighted by Gasteiger charge is 2.05. The van der Waals surface area contributed by atoms with Crippen molar-refractivity contribution in [2.75, 3.05) is 11.9 Å². The summed E-state index contributed by atoms with van der Waals surface area (Å²) in [5.41, 5.74) is 6.96. The molecule has 2 aromatic carbocycles. The molecule has 2 rings (SSSR count). The predicted octanol–water partition coefficient (Wildman–Crippen LogP) is 3.27. The van der Waals surface area contributed by atoms with Crippen LogP contribution in [-0.2, 0) is 9.63 Å². The highest BCUT2D eigenvalue weighted by atomic mass is 35.5. The first kappa shape index (κ1) is 16.1. The van der Waals surface area contributed by atoms with Crippen molar-refractivity contribution in [1.29, 1.82) is 0 Å². The van der Waals surface area contributed by atoms with E-state index in [-0.39, 0.29) is 18.3 Å². The number of amides is 1. The molecule has 0 spiro atoms. The lowest BCUT2D eigenvalue weighted by atomic mass is 10.2. The Hall–Kier alpha value is -2.24. The minimum atomic E-state index is -0.386. The molecule has 3 N–H and O–H groups in total. The van der Waals surface area contributed by atoms with E-state index in [4.69, 9.17) is 33.8 Å². The Morgan fingerprint density at radius 1 is 1.14 bits per heavy atom. The van der Waals surface area contributed by atoms with Crippen molar-refractivity contribution < 1.29 is 9.63 Å². The van der Waals surface area contributed by atoms with E-state index in [2.05, 4.69) is 10.5 Å². The Morgan fingerprint density at radius 2 is 1.86 bits per heavy atom. The Kier molecular flexibility index (Phi) is 5.63. The van der Waals surface area contributed by atoms with E-state index in [0.29, 0.717) is 21.3 Å². The lowest BCUT2D eigenvalue weighted by Crippen LogP contribution is -2.19. The van der Waals surface area contributed by atoms with Gasteiger partial charge in [0.15, 0.2) is 12.4 Å². The molecule has 5 nitrogen and oxygen atoms in total. The molecular formula is C15H13Cl2N3O2. The van der Waals surface area contributed by atoms with Crippen molar-refractivity contribution >= 4 is 40.6 Å². The quantitative estimate of drug-likeness (QED) is 0.499. The van der Waals surface area contributed by atoms with Gasteiger partial charge in [-0.1, -0.05) is 58.7 Å². The Labute approximate surface area is 137 Å². The zero-order valence-corrected chi connectivity index (χ0v) is 12.9. The fraction of sp³-hybridized carbons (Fsp3) is 0.0667. The van der Waals surface area contributed by atoms with Crippen molar-refractivity contribution in [3.63, 3.8) is 0 Å². The molecule has 0 saturated carbocycles. The number of oxime groups is 1. The predicted molar refractivity (Wildman–Crippen MR) is 88.2 cm³/mol. The molecule has 0 bridgehead atoms. The van der Waals surface area contributed by atoms with Gasteiger partial charge in [0, 0.05) is 11.3 Å². The fourth-order valence-corrected chi connectivity index (χ4v) is 1.89. The van der Waals surface area contributed by atoms with E-state index in [1.54, 1.807) is 30.3 Å². The number of rotatable bonds is 5. The molecule has 0 aliphatic rings. The summed E-state index contributed by atoms with van der Waals surface area (Å²) in [5, 5.41) is 7.07. The van der Waals surface area contributed by atoms with Crippen LogP contribution in [-0.4, -0.2) is 18.3 Å². The van der Waals surface area contributed by atoms with E-state index >= 15 is 0 Å². The Bertz CT molecular complexity index is 690.